The number of aliphatic hydroxyl groups is 1. The summed E-state index contributed by atoms with van der Waals surface area (Å²) < 4.78 is 0. The molecular formula is C12H15ClN2O3. The molecule has 0 saturated carbocycles. The summed E-state index contributed by atoms with van der Waals surface area (Å²) in [7, 11) is 0. The molecule has 1 rings (SSSR count). The fraction of sp³-hybridized carbons (Fsp3) is 0.333. The molecule has 0 fully saturated rings. The first kappa shape index (κ1) is 14.5. The Morgan fingerprint density at radius 2 is 1.83 bits per heavy atom. The van der Waals surface area contributed by atoms with Crippen LogP contribution in [0.4, 0.5) is 5.69 Å². The van der Waals surface area contributed by atoms with Crippen LogP contribution >= 0.6 is 11.6 Å². The minimum absolute atomic E-state index is 0.129. The van der Waals surface area contributed by atoms with Crippen LogP contribution in [0, 0.1) is 0 Å². The third kappa shape index (κ3) is 5.65. The van der Waals surface area contributed by atoms with Crippen molar-refractivity contribution in [1.29, 1.82) is 0 Å². The predicted molar refractivity (Wildman–Crippen MR) is 69.4 cm³/mol. The monoisotopic (exact) mass is 270 g/mol. The van der Waals surface area contributed by atoms with Gasteiger partial charge in [0, 0.05) is 23.7 Å². The van der Waals surface area contributed by atoms with E-state index in [4.69, 9.17) is 16.7 Å². The Hall–Kier alpha value is -1.59. The molecule has 0 radical (unpaired) electrons. The molecule has 98 valence electrons. The van der Waals surface area contributed by atoms with E-state index in [0.717, 1.165) is 0 Å². The number of benzene rings is 1. The zero-order valence-electron chi connectivity index (χ0n) is 9.78. The van der Waals surface area contributed by atoms with Crippen LogP contribution in [0.15, 0.2) is 24.3 Å². The molecule has 1 aromatic rings. The molecule has 3 N–H and O–H groups in total. The third-order valence-electron chi connectivity index (χ3n) is 2.17. The number of anilines is 1. The molecule has 0 spiro atoms. The Kier molecular flexibility index (Phi) is 6.18. The van der Waals surface area contributed by atoms with Gasteiger partial charge < -0.3 is 15.7 Å². The van der Waals surface area contributed by atoms with E-state index in [0.29, 0.717) is 30.1 Å². The zero-order valence-corrected chi connectivity index (χ0v) is 10.5. The highest BCUT2D eigenvalue weighted by molar-refractivity contribution is 6.30. The molecule has 0 atom stereocenters. The SMILES string of the molecule is O=C(CO)NCCCC(=O)Nc1ccc(Cl)cc1. The van der Waals surface area contributed by atoms with Crippen molar-refractivity contribution in [3.63, 3.8) is 0 Å². The molecule has 0 bridgehead atoms. The first-order valence-electron chi connectivity index (χ1n) is 5.55. The molecule has 6 heteroatoms. The van der Waals surface area contributed by atoms with Crippen molar-refractivity contribution in [1.82, 2.24) is 5.32 Å². The first-order valence-corrected chi connectivity index (χ1v) is 5.92. The summed E-state index contributed by atoms with van der Waals surface area (Å²) in [6, 6.07) is 6.82. The average molecular weight is 271 g/mol. The lowest BCUT2D eigenvalue weighted by molar-refractivity contribution is -0.124. The van der Waals surface area contributed by atoms with Gasteiger partial charge in [0.05, 0.1) is 0 Å². The number of aliphatic hydroxyl groups excluding tert-OH is 1. The van der Waals surface area contributed by atoms with Crippen LogP contribution in [-0.4, -0.2) is 30.1 Å². The van der Waals surface area contributed by atoms with Gasteiger partial charge >= 0.3 is 0 Å². The molecule has 0 saturated heterocycles. The van der Waals surface area contributed by atoms with Crippen LogP contribution in [0.2, 0.25) is 5.02 Å². The van der Waals surface area contributed by atoms with Gasteiger partial charge in [0.25, 0.3) is 0 Å². The van der Waals surface area contributed by atoms with E-state index in [1.807, 2.05) is 0 Å². The lowest BCUT2D eigenvalue weighted by atomic mass is 10.2. The average Bonchev–Trinajstić information content (AvgIpc) is 2.37. The summed E-state index contributed by atoms with van der Waals surface area (Å²) in [5.41, 5.74) is 0.684. The van der Waals surface area contributed by atoms with Crippen molar-refractivity contribution in [2.75, 3.05) is 18.5 Å². The predicted octanol–water partition coefficient (Wildman–Crippen LogP) is 1.17. The fourth-order valence-corrected chi connectivity index (χ4v) is 1.42. The minimum Gasteiger partial charge on any atom is -0.387 e. The topological polar surface area (TPSA) is 78.4 Å². The van der Waals surface area contributed by atoms with Crippen LogP contribution in [0.25, 0.3) is 0 Å². The maximum atomic E-state index is 11.5. The Bertz CT molecular complexity index is 406. The highest BCUT2D eigenvalue weighted by atomic mass is 35.5. The summed E-state index contributed by atoms with van der Waals surface area (Å²) in [6.07, 6.45) is 0.819. The highest BCUT2D eigenvalue weighted by Crippen LogP contribution is 2.13. The standard InChI is InChI=1S/C12H15ClN2O3/c13-9-3-5-10(6-4-9)15-11(17)2-1-7-14-12(18)8-16/h3-6,16H,1-2,7-8H2,(H,14,18)(H,15,17). The van der Waals surface area contributed by atoms with Gasteiger partial charge in [0.1, 0.15) is 6.61 Å². The second kappa shape index (κ2) is 7.68. The second-order valence-corrected chi connectivity index (χ2v) is 4.10. The second-order valence-electron chi connectivity index (χ2n) is 3.67. The van der Waals surface area contributed by atoms with Crippen LogP contribution in [-0.2, 0) is 9.59 Å². The van der Waals surface area contributed by atoms with Gasteiger partial charge in [0.2, 0.25) is 11.8 Å². The number of hydrogen-bond donors (Lipinski definition) is 3. The number of amides is 2. The van der Waals surface area contributed by atoms with E-state index in [1.165, 1.54) is 0 Å². The van der Waals surface area contributed by atoms with E-state index >= 15 is 0 Å². The van der Waals surface area contributed by atoms with Gasteiger partial charge in [-0.2, -0.15) is 0 Å². The molecule has 0 unspecified atom stereocenters. The van der Waals surface area contributed by atoms with Gasteiger partial charge in [0.15, 0.2) is 0 Å². The van der Waals surface area contributed by atoms with Gasteiger partial charge in [-0.25, -0.2) is 0 Å². The lowest BCUT2D eigenvalue weighted by Crippen LogP contribution is -2.27. The maximum Gasteiger partial charge on any atom is 0.245 e. The third-order valence-corrected chi connectivity index (χ3v) is 2.43. The van der Waals surface area contributed by atoms with Crippen molar-refractivity contribution in [3.8, 4) is 0 Å². The molecule has 1 aromatic carbocycles. The molecule has 0 heterocycles. The van der Waals surface area contributed by atoms with E-state index < -0.39 is 12.5 Å². The van der Waals surface area contributed by atoms with Crippen molar-refractivity contribution in [2.24, 2.45) is 0 Å². The summed E-state index contributed by atoms with van der Waals surface area (Å²) in [4.78, 5) is 22.2. The van der Waals surface area contributed by atoms with Gasteiger partial charge in [-0.15, -0.1) is 0 Å². The fourth-order valence-electron chi connectivity index (χ4n) is 1.29. The van der Waals surface area contributed by atoms with Crippen LogP contribution in [0.3, 0.4) is 0 Å². The number of halogens is 1. The quantitative estimate of drug-likeness (QED) is 0.679. The van der Waals surface area contributed by atoms with E-state index in [1.54, 1.807) is 24.3 Å². The number of nitrogens with one attached hydrogen (secondary N) is 2. The first-order chi connectivity index (χ1) is 8.61. The summed E-state index contributed by atoms with van der Waals surface area (Å²) in [5, 5.41) is 14.3. The molecule has 18 heavy (non-hydrogen) atoms. The largest absolute Gasteiger partial charge is 0.387 e. The van der Waals surface area contributed by atoms with Gasteiger partial charge in [-0.1, -0.05) is 11.6 Å². The molecule has 0 aliphatic rings. The van der Waals surface area contributed by atoms with E-state index in [-0.39, 0.29) is 5.91 Å². The zero-order chi connectivity index (χ0) is 13.4. The van der Waals surface area contributed by atoms with Crippen molar-refractivity contribution in [2.45, 2.75) is 12.8 Å². The van der Waals surface area contributed by atoms with Gasteiger partial charge in [-0.3, -0.25) is 9.59 Å². The number of carbonyl (C=O) groups excluding carboxylic acids is 2. The highest BCUT2D eigenvalue weighted by Gasteiger charge is 2.03. The van der Waals surface area contributed by atoms with Crippen molar-refractivity contribution < 1.29 is 14.7 Å². The van der Waals surface area contributed by atoms with Crippen LogP contribution < -0.4 is 10.6 Å². The number of hydrogen-bond acceptors (Lipinski definition) is 3. The van der Waals surface area contributed by atoms with Crippen molar-refractivity contribution in [3.05, 3.63) is 29.3 Å². The molecule has 5 nitrogen and oxygen atoms in total. The molecule has 0 aliphatic heterocycles. The Labute approximate surface area is 110 Å². The Morgan fingerprint density at radius 3 is 2.44 bits per heavy atom. The number of rotatable bonds is 6. The minimum atomic E-state index is -0.531. The molecule has 2 amide bonds. The van der Waals surface area contributed by atoms with E-state index in [2.05, 4.69) is 10.6 Å². The van der Waals surface area contributed by atoms with E-state index in [9.17, 15) is 9.59 Å². The van der Waals surface area contributed by atoms with Crippen LogP contribution in [0.5, 0.6) is 0 Å². The molecule has 0 aromatic heterocycles. The van der Waals surface area contributed by atoms with Crippen LogP contribution in [0.1, 0.15) is 12.8 Å². The Morgan fingerprint density at radius 1 is 1.17 bits per heavy atom. The smallest absolute Gasteiger partial charge is 0.245 e. The normalized spacial score (nSPS) is 9.89. The van der Waals surface area contributed by atoms with Gasteiger partial charge in [-0.05, 0) is 30.7 Å². The summed E-state index contributed by atoms with van der Waals surface area (Å²) in [6.45, 7) is -0.162. The summed E-state index contributed by atoms with van der Waals surface area (Å²) >= 11 is 5.72. The Balaban J connectivity index is 2.21. The number of carbonyl (C=O) groups is 2. The summed E-state index contributed by atoms with van der Waals surface area (Å²) in [5.74, 6) is -0.566. The van der Waals surface area contributed by atoms with Crippen molar-refractivity contribution >= 4 is 29.1 Å². The molecular weight excluding hydrogens is 256 g/mol. The maximum absolute atomic E-state index is 11.5. The lowest BCUT2D eigenvalue weighted by Gasteiger charge is -2.05. The molecule has 0 aliphatic carbocycles.